The summed E-state index contributed by atoms with van der Waals surface area (Å²) in [6, 6.07) is 8.19. The van der Waals surface area contributed by atoms with E-state index in [1.807, 2.05) is 11.8 Å². The number of nitrogens with one attached hydrogen (secondary N) is 1. The first-order valence-corrected chi connectivity index (χ1v) is 11.3. The van der Waals surface area contributed by atoms with E-state index >= 15 is 0 Å². The third kappa shape index (κ3) is 4.84. The quantitative estimate of drug-likeness (QED) is 0.753. The highest BCUT2D eigenvalue weighted by atomic mass is 35.5. The Morgan fingerprint density at radius 1 is 1.08 bits per heavy atom. The molecule has 0 amide bonds. The molecular weight excluding hydrogens is 418 g/mol. The number of rotatable bonds is 5. The fourth-order valence-corrected chi connectivity index (χ4v) is 5.09. The van der Waals surface area contributed by atoms with Crippen molar-refractivity contribution in [1.29, 1.82) is 0 Å². The number of thioether (sulfide) groups is 1. The molecule has 0 atom stereocenters. The number of halogens is 3. The Labute approximate surface area is 166 Å². The van der Waals surface area contributed by atoms with E-state index in [1.54, 1.807) is 6.07 Å². The largest absolute Gasteiger partial charge is 0.297 e. The molecule has 0 saturated carbocycles. The van der Waals surface area contributed by atoms with Crippen molar-refractivity contribution in [1.82, 2.24) is 4.90 Å². The first-order valence-electron chi connectivity index (χ1n) is 7.91. The summed E-state index contributed by atoms with van der Waals surface area (Å²) in [6.07, 6.45) is 0. The molecule has 0 radical (unpaired) electrons. The maximum atomic E-state index is 13.7. The van der Waals surface area contributed by atoms with Crippen molar-refractivity contribution in [3.05, 3.63) is 57.8 Å². The lowest BCUT2D eigenvalue weighted by atomic mass is 10.1. The van der Waals surface area contributed by atoms with Crippen molar-refractivity contribution >= 4 is 50.7 Å². The summed E-state index contributed by atoms with van der Waals surface area (Å²) < 4.78 is 41.5. The maximum Gasteiger partial charge on any atom is 0.261 e. The van der Waals surface area contributed by atoms with Crippen LogP contribution in [-0.2, 0) is 16.6 Å². The van der Waals surface area contributed by atoms with Crippen LogP contribution in [0.25, 0.3) is 0 Å². The average Bonchev–Trinajstić information content (AvgIpc) is 2.60. The minimum absolute atomic E-state index is 0.0310. The standard InChI is InChI=1S/C17H17Cl2FN2O2S2/c18-15-4-3-14(10-16(15)19)26(23,24)21-17-9-13(20)2-1-12(17)11-22-5-7-25-8-6-22/h1-4,9-10,21H,5-8,11H2. The van der Waals surface area contributed by atoms with Gasteiger partial charge in [-0.25, -0.2) is 12.8 Å². The second-order valence-corrected chi connectivity index (χ2v) is 9.59. The molecule has 1 heterocycles. The molecule has 0 unspecified atom stereocenters. The molecule has 9 heteroatoms. The van der Waals surface area contributed by atoms with Crippen LogP contribution in [-0.4, -0.2) is 37.9 Å². The van der Waals surface area contributed by atoms with Gasteiger partial charge in [0.15, 0.2) is 0 Å². The highest BCUT2D eigenvalue weighted by Crippen LogP contribution is 2.28. The van der Waals surface area contributed by atoms with Crippen molar-refractivity contribution in [3.8, 4) is 0 Å². The Morgan fingerprint density at radius 2 is 1.81 bits per heavy atom. The molecule has 26 heavy (non-hydrogen) atoms. The second-order valence-electron chi connectivity index (χ2n) is 5.87. The summed E-state index contributed by atoms with van der Waals surface area (Å²) in [5, 5.41) is 0.403. The van der Waals surface area contributed by atoms with Crippen LogP contribution in [0.2, 0.25) is 10.0 Å². The monoisotopic (exact) mass is 434 g/mol. The van der Waals surface area contributed by atoms with Crippen LogP contribution in [0, 0.1) is 5.82 Å². The first kappa shape index (κ1) is 19.8. The van der Waals surface area contributed by atoms with Gasteiger partial charge in [-0.15, -0.1) is 0 Å². The van der Waals surface area contributed by atoms with Crippen LogP contribution in [0.15, 0.2) is 41.3 Å². The molecule has 0 aliphatic carbocycles. The molecule has 0 spiro atoms. The minimum Gasteiger partial charge on any atom is -0.297 e. The summed E-state index contributed by atoms with van der Waals surface area (Å²) in [5.74, 6) is 1.56. The Bertz CT molecular complexity index is 904. The molecule has 140 valence electrons. The third-order valence-electron chi connectivity index (χ3n) is 4.02. The van der Waals surface area contributed by atoms with Crippen LogP contribution < -0.4 is 4.72 Å². The third-order valence-corrected chi connectivity index (χ3v) is 7.06. The second kappa shape index (κ2) is 8.35. The molecule has 1 N–H and O–H groups in total. The van der Waals surface area contributed by atoms with Gasteiger partial charge in [-0.1, -0.05) is 29.3 Å². The van der Waals surface area contributed by atoms with Crippen molar-refractivity contribution in [2.24, 2.45) is 0 Å². The van der Waals surface area contributed by atoms with E-state index in [1.165, 1.54) is 30.3 Å². The van der Waals surface area contributed by atoms with Crippen LogP contribution in [0.1, 0.15) is 5.56 Å². The fraction of sp³-hybridized carbons (Fsp3) is 0.294. The van der Waals surface area contributed by atoms with Crippen LogP contribution >= 0.6 is 35.0 Å². The van der Waals surface area contributed by atoms with Crippen LogP contribution in [0.5, 0.6) is 0 Å². The Balaban J connectivity index is 1.87. The molecule has 1 saturated heterocycles. The molecule has 3 rings (SSSR count). The highest BCUT2D eigenvalue weighted by molar-refractivity contribution is 7.99. The van der Waals surface area contributed by atoms with Gasteiger partial charge in [0, 0.05) is 31.1 Å². The number of sulfonamides is 1. The molecule has 0 aromatic heterocycles. The topological polar surface area (TPSA) is 49.4 Å². The van der Waals surface area contributed by atoms with E-state index in [2.05, 4.69) is 9.62 Å². The predicted molar refractivity (Wildman–Crippen MR) is 106 cm³/mol. The normalized spacial score (nSPS) is 15.8. The minimum atomic E-state index is -3.92. The van der Waals surface area contributed by atoms with Gasteiger partial charge in [-0.05, 0) is 35.9 Å². The van der Waals surface area contributed by atoms with Crippen molar-refractivity contribution in [2.45, 2.75) is 11.4 Å². The number of hydrogen-bond acceptors (Lipinski definition) is 4. The Kier molecular flexibility index (Phi) is 6.35. The smallest absolute Gasteiger partial charge is 0.261 e. The molecular formula is C17H17Cl2FN2O2S2. The summed E-state index contributed by atoms with van der Waals surface area (Å²) >= 11 is 13.6. The lowest BCUT2D eigenvalue weighted by Crippen LogP contribution is -2.32. The van der Waals surface area contributed by atoms with Gasteiger partial charge >= 0.3 is 0 Å². The predicted octanol–water partition coefficient (Wildman–Crippen LogP) is 4.48. The van der Waals surface area contributed by atoms with Gasteiger partial charge in [0.1, 0.15) is 5.82 Å². The van der Waals surface area contributed by atoms with Gasteiger partial charge in [-0.3, -0.25) is 9.62 Å². The van der Waals surface area contributed by atoms with Gasteiger partial charge in [0.25, 0.3) is 10.0 Å². The van der Waals surface area contributed by atoms with Crippen molar-refractivity contribution < 1.29 is 12.8 Å². The van der Waals surface area contributed by atoms with E-state index in [9.17, 15) is 12.8 Å². The highest BCUT2D eigenvalue weighted by Gasteiger charge is 2.19. The molecule has 1 aliphatic rings. The van der Waals surface area contributed by atoms with Gasteiger partial charge < -0.3 is 0 Å². The molecule has 1 fully saturated rings. The zero-order valence-corrected chi connectivity index (χ0v) is 16.9. The molecule has 4 nitrogen and oxygen atoms in total. The van der Waals surface area contributed by atoms with E-state index in [0.717, 1.165) is 30.2 Å². The molecule has 2 aromatic rings. The summed E-state index contributed by atoms with van der Waals surface area (Å²) in [4.78, 5) is 2.19. The molecule has 0 bridgehead atoms. The van der Waals surface area contributed by atoms with Crippen molar-refractivity contribution in [3.63, 3.8) is 0 Å². The lowest BCUT2D eigenvalue weighted by molar-refractivity contribution is 0.295. The van der Waals surface area contributed by atoms with E-state index < -0.39 is 15.8 Å². The zero-order valence-electron chi connectivity index (χ0n) is 13.7. The fourth-order valence-electron chi connectivity index (χ4n) is 2.63. The van der Waals surface area contributed by atoms with Crippen molar-refractivity contribution in [2.75, 3.05) is 29.3 Å². The summed E-state index contributed by atoms with van der Waals surface area (Å²) in [7, 11) is -3.92. The van der Waals surface area contributed by atoms with E-state index in [-0.39, 0.29) is 20.6 Å². The van der Waals surface area contributed by atoms with E-state index in [4.69, 9.17) is 23.2 Å². The van der Waals surface area contributed by atoms with Gasteiger partial charge in [-0.2, -0.15) is 11.8 Å². The molecule has 2 aromatic carbocycles. The molecule has 1 aliphatic heterocycles. The van der Waals surface area contributed by atoms with E-state index in [0.29, 0.717) is 6.54 Å². The average molecular weight is 435 g/mol. The number of hydrogen-bond donors (Lipinski definition) is 1. The van der Waals surface area contributed by atoms with Crippen LogP contribution in [0.3, 0.4) is 0 Å². The summed E-state index contributed by atoms with van der Waals surface area (Å²) in [5.41, 5.74) is 0.955. The number of nitrogens with zero attached hydrogens (tertiary/aromatic N) is 1. The number of benzene rings is 2. The number of anilines is 1. The summed E-state index contributed by atoms with van der Waals surface area (Å²) in [6.45, 7) is 2.39. The Hall–Kier alpha value is -0.990. The van der Waals surface area contributed by atoms with Gasteiger partial charge in [0.2, 0.25) is 0 Å². The van der Waals surface area contributed by atoms with Gasteiger partial charge in [0.05, 0.1) is 20.6 Å². The zero-order chi connectivity index (χ0) is 18.7. The first-order chi connectivity index (χ1) is 12.3. The SMILES string of the molecule is O=S(=O)(Nc1cc(F)ccc1CN1CCSCC1)c1ccc(Cl)c(Cl)c1. The lowest BCUT2D eigenvalue weighted by Gasteiger charge is -2.27. The Morgan fingerprint density at radius 3 is 2.50 bits per heavy atom. The van der Waals surface area contributed by atoms with Crippen LogP contribution in [0.4, 0.5) is 10.1 Å². The maximum absolute atomic E-state index is 13.7.